The van der Waals surface area contributed by atoms with Crippen LogP contribution >= 0.6 is 0 Å². The second-order valence-electron chi connectivity index (χ2n) is 5.62. The fourth-order valence-electron chi connectivity index (χ4n) is 1.88. The topological polar surface area (TPSA) is 30.5 Å². The zero-order valence-corrected chi connectivity index (χ0v) is 13.5. The van der Waals surface area contributed by atoms with E-state index in [1.807, 2.05) is 12.1 Å². The third-order valence-electron chi connectivity index (χ3n) is 2.95. The first kappa shape index (κ1) is 18.1. The van der Waals surface area contributed by atoms with E-state index < -0.39 is 0 Å². The minimum Gasteiger partial charge on any atom is -0.379 e. The maximum Gasteiger partial charge on any atom is 0.128 e. The lowest BCUT2D eigenvalue weighted by atomic mass is 10.1. The largest absolute Gasteiger partial charge is 0.379 e. The van der Waals surface area contributed by atoms with Gasteiger partial charge in [0.25, 0.3) is 0 Å². The summed E-state index contributed by atoms with van der Waals surface area (Å²) in [5.74, 6) is 0.312. The Bertz CT molecular complexity index is 396. The average Bonchev–Trinajstić information content (AvgIpc) is 2.45. The Labute approximate surface area is 127 Å². The van der Waals surface area contributed by atoms with Gasteiger partial charge in [0.05, 0.1) is 19.8 Å². The zero-order chi connectivity index (χ0) is 15.5. The Kier molecular flexibility index (Phi) is 9.22. The van der Waals surface area contributed by atoms with Crippen molar-refractivity contribution in [2.45, 2.75) is 40.3 Å². The maximum absolute atomic E-state index is 13.7. The molecule has 0 amide bonds. The molecule has 0 bridgehead atoms. The maximum atomic E-state index is 13.7. The lowest BCUT2D eigenvalue weighted by molar-refractivity contribution is 0.0306. The second kappa shape index (κ2) is 10.7. The standard InChI is InChI=1S/C17H28FNO2/c1-4-7-19-11-15-5-6-17(18)16(10-15)13-21-9-8-20-12-14(2)3/h5-6,10,14,19H,4,7-9,11-13H2,1-3H3. The molecule has 0 aliphatic carbocycles. The molecular weight excluding hydrogens is 269 g/mol. The molecule has 4 heteroatoms. The highest BCUT2D eigenvalue weighted by molar-refractivity contribution is 5.24. The van der Waals surface area contributed by atoms with Crippen molar-refractivity contribution >= 4 is 0 Å². The molecule has 1 N–H and O–H groups in total. The van der Waals surface area contributed by atoms with E-state index >= 15 is 0 Å². The van der Waals surface area contributed by atoms with Crippen LogP contribution in [0.15, 0.2) is 18.2 Å². The Morgan fingerprint density at radius 1 is 1.19 bits per heavy atom. The average molecular weight is 297 g/mol. The zero-order valence-electron chi connectivity index (χ0n) is 13.5. The summed E-state index contributed by atoms with van der Waals surface area (Å²) in [6.07, 6.45) is 1.09. The first-order valence-electron chi connectivity index (χ1n) is 7.77. The van der Waals surface area contributed by atoms with E-state index in [4.69, 9.17) is 9.47 Å². The summed E-state index contributed by atoms with van der Waals surface area (Å²) in [5, 5.41) is 3.31. The van der Waals surface area contributed by atoms with Gasteiger partial charge in [-0.3, -0.25) is 0 Å². The van der Waals surface area contributed by atoms with Crippen molar-refractivity contribution in [2.24, 2.45) is 5.92 Å². The van der Waals surface area contributed by atoms with Gasteiger partial charge in [-0.2, -0.15) is 0 Å². The van der Waals surface area contributed by atoms with E-state index in [1.54, 1.807) is 0 Å². The number of hydrogen-bond acceptors (Lipinski definition) is 3. The van der Waals surface area contributed by atoms with Gasteiger partial charge in [-0.15, -0.1) is 0 Å². The molecule has 0 saturated heterocycles. The molecule has 0 aliphatic heterocycles. The van der Waals surface area contributed by atoms with Gasteiger partial charge in [-0.05, 0) is 36.6 Å². The SMILES string of the molecule is CCCNCc1ccc(F)c(COCCOCC(C)C)c1. The monoisotopic (exact) mass is 297 g/mol. The molecule has 1 aromatic carbocycles. The molecule has 0 heterocycles. The van der Waals surface area contributed by atoms with Crippen molar-refractivity contribution in [3.63, 3.8) is 0 Å². The number of halogens is 1. The van der Waals surface area contributed by atoms with Crippen LogP contribution in [0.3, 0.4) is 0 Å². The molecule has 0 unspecified atom stereocenters. The lowest BCUT2D eigenvalue weighted by Crippen LogP contribution is -2.14. The van der Waals surface area contributed by atoms with Gasteiger partial charge in [0.2, 0.25) is 0 Å². The fraction of sp³-hybridized carbons (Fsp3) is 0.647. The molecule has 1 aromatic rings. The predicted octanol–water partition coefficient (Wildman–Crippen LogP) is 3.51. The van der Waals surface area contributed by atoms with Crippen LogP contribution in [0.25, 0.3) is 0 Å². The first-order chi connectivity index (χ1) is 10.1. The van der Waals surface area contributed by atoms with Gasteiger partial charge in [0.15, 0.2) is 0 Å². The van der Waals surface area contributed by atoms with Crippen molar-refractivity contribution < 1.29 is 13.9 Å². The lowest BCUT2D eigenvalue weighted by Gasteiger charge is -2.10. The molecule has 3 nitrogen and oxygen atoms in total. The van der Waals surface area contributed by atoms with E-state index in [9.17, 15) is 4.39 Å². The molecule has 0 aliphatic rings. The van der Waals surface area contributed by atoms with Crippen molar-refractivity contribution in [1.82, 2.24) is 5.32 Å². The fourth-order valence-corrected chi connectivity index (χ4v) is 1.88. The van der Waals surface area contributed by atoms with Gasteiger partial charge in [-0.25, -0.2) is 4.39 Å². The Morgan fingerprint density at radius 2 is 1.95 bits per heavy atom. The quantitative estimate of drug-likeness (QED) is 0.634. The molecule has 1 rings (SSSR count). The van der Waals surface area contributed by atoms with E-state index in [2.05, 4.69) is 26.1 Å². The molecule has 0 spiro atoms. The van der Waals surface area contributed by atoms with Crippen LogP contribution in [0.4, 0.5) is 4.39 Å². The smallest absolute Gasteiger partial charge is 0.128 e. The van der Waals surface area contributed by atoms with Crippen LogP contribution in [0.2, 0.25) is 0 Å². The van der Waals surface area contributed by atoms with Crippen molar-refractivity contribution in [3.05, 3.63) is 35.1 Å². The first-order valence-corrected chi connectivity index (χ1v) is 7.77. The number of hydrogen-bond donors (Lipinski definition) is 1. The van der Waals surface area contributed by atoms with E-state index in [0.717, 1.165) is 31.7 Å². The molecule has 120 valence electrons. The summed E-state index contributed by atoms with van der Waals surface area (Å²) in [5.41, 5.74) is 1.69. The molecular formula is C17H28FNO2. The van der Waals surface area contributed by atoms with Crippen molar-refractivity contribution in [1.29, 1.82) is 0 Å². The summed E-state index contributed by atoms with van der Waals surface area (Å²) in [4.78, 5) is 0. The minimum atomic E-state index is -0.211. The van der Waals surface area contributed by atoms with Gasteiger partial charge < -0.3 is 14.8 Å². The highest BCUT2D eigenvalue weighted by Gasteiger charge is 2.04. The highest BCUT2D eigenvalue weighted by atomic mass is 19.1. The van der Waals surface area contributed by atoms with Crippen molar-refractivity contribution in [3.8, 4) is 0 Å². The van der Waals surface area contributed by atoms with Crippen LogP contribution in [0, 0.1) is 11.7 Å². The Morgan fingerprint density at radius 3 is 2.67 bits per heavy atom. The van der Waals surface area contributed by atoms with Crippen LogP contribution in [0.1, 0.15) is 38.3 Å². The number of nitrogens with one attached hydrogen (secondary N) is 1. The normalized spacial score (nSPS) is 11.3. The van der Waals surface area contributed by atoms with Crippen molar-refractivity contribution in [2.75, 3.05) is 26.4 Å². The summed E-state index contributed by atoms with van der Waals surface area (Å²) in [6, 6.07) is 5.19. The second-order valence-corrected chi connectivity index (χ2v) is 5.62. The van der Waals surface area contributed by atoms with Crippen LogP contribution in [0.5, 0.6) is 0 Å². The van der Waals surface area contributed by atoms with Gasteiger partial charge in [0, 0.05) is 18.7 Å². The summed E-state index contributed by atoms with van der Waals surface area (Å²) in [7, 11) is 0. The van der Waals surface area contributed by atoms with Gasteiger partial charge >= 0.3 is 0 Å². The summed E-state index contributed by atoms with van der Waals surface area (Å²) < 4.78 is 24.6. The van der Waals surface area contributed by atoms with E-state index in [1.165, 1.54) is 6.07 Å². The summed E-state index contributed by atoms with van der Waals surface area (Å²) in [6.45, 7) is 10.1. The van der Waals surface area contributed by atoms with Crippen LogP contribution in [-0.2, 0) is 22.6 Å². The molecule has 0 atom stereocenters. The highest BCUT2D eigenvalue weighted by Crippen LogP contribution is 2.12. The third kappa shape index (κ3) is 8.15. The molecule has 0 aromatic heterocycles. The molecule has 0 fully saturated rings. The van der Waals surface area contributed by atoms with Crippen LogP contribution < -0.4 is 5.32 Å². The van der Waals surface area contributed by atoms with Gasteiger partial charge in [-0.1, -0.05) is 26.8 Å². The Hall–Kier alpha value is -0.970. The number of rotatable bonds is 11. The molecule has 0 radical (unpaired) electrons. The number of benzene rings is 1. The Balaban J connectivity index is 2.31. The minimum absolute atomic E-state index is 0.211. The van der Waals surface area contributed by atoms with Crippen LogP contribution in [-0.4, -0.2) is 26.4 Å². The predicted molar refractivity (Wildman–Crippen MR) is 83.7 cm³/mol. The van der Waals surface area contributed by atoms with E-state index in [-0.39, 0.29) is 5.82 Å². The number of ether oxygens (including phenoxy) is 2. The molecule has 21 heavy (non-hydrogen) atoms. The van der Waals surface area contributed by atoms with Gasteiger partial charge in [0.1, 0.15) is 5.82 Å². The third-order valence-corrected chi connectivity index (χ3v) is 2.95. The van der Waals surface area contributed by atoms with E-state index in [0.29, 0.717) is 31.3 Å². The molecule has 0 saturated carbocycles. The summed E-state index contributed by atoms with van der Waals surface area (Å²) >= 11 is 0.